The number of aromatic nitrogens is 1. The highest BCUT2D eigenvalue weighted by atomic mass is 16.6. The van der Waals surface area contributed by atoms with Crippen molar-refractivity contribution in [3.63, 3.8) is 0 Å². The van der Waals surface area contributed by atoms with Crippen molar-refractivity contribution in [1.82, 2.24) is 14.8 Å². The fourth-order valence-electron chi connectivity index (χ4n) is 3.25. The maximum atomic E-state index is 13.1. The Bertz CT molecular complexity index is 791. The van der Waals surface area contributed by atoms with E-state index in [1.54, 1.807) is 23.8 Å². The molecule has 7 heteroatoms. The van der Waals surface area contributed by atoms with Gasteiger partial charge < -0.3 is 24.3 Å². The Balaban J connectivity index is 1.82. The van der Waals surface area contributed by atoms with Crippen molar-refractivity contribution in [2.45, 2.75) is 13.8 Å². The van der Waals surface area contributed by atoms with E-state index in [9.17, 15) is 9.59 Å². The lowest BCUT2D eigenvalue weighted by atomic mass is 10.1. The molecular weight excluding hydrogens is 322 g/mol. The topological polar surface area (TPSA) is 74.9 Å². The predicted octanol–water partition coefficient (Wildman–Crippen LogP) is 2.40. The van der Waals surface area contributed by atoms with Crippen molar-refractivity contribution < 1.29 is 19.1 Å². The second-order valence-electron chi connectivity index (χ2n) is 5.99. The number of aromatic amines is 1. The molecule has 0 spiro atoms. The van der Waals surface area contributed by atoms with E-state index in [0.717, 1.165) is 16.6 Å². The van der Waals surface area contributed by atoms with Crippen LogP contribution in [0.3, 0.4) is 0 Å². The van der Waals surface area contributed by atoms with Gasteiger partial charge in [0.05, 0.1) is 30.2 Å². The number of hydrogen-bond acceptors (Lipinski definition) is 4. The van der Waals surface area contributed by atoms with Crippen molar-refractivity contribution in [3.8, 4) is 5.75 Å². The Hall–Kier alpha value is -2.70. The normalized spacial score (nSPS) is 14.7. The summed E-state index contributed by atoms with van der Waals surface area (Å²) < 4.78 is 10.5. The first-order chi connectivity index (χ1) is 12.1. The van der Waals surface area contributed by atoms with Gasteiger partial charge in [-0.2, -0.15) is 0 Å². The third-order valence-electron chi connectivity index (χ3n) is 4.50. The number of fused-ring (bicyclic) bond motifs is 1. The summed E-state index contributed by atoms with van der Waals surface area (Å²) in [7, 11) is 1.60. The summed E-state index contributed by atoms with van der Waals surface area (Å²) in [5.74, 6) is 0.632. The molecule has 0 saturated carbocycles. The Morgan fingerprint density at radius 3 is 2.48 bits per heavy atom. The molecule has 1 N–H and O–H groups in total. The number of benzene rings is 1. The molecule has 2 amide bonds. The molecule has 134 valence electrons. The van der Waals surface area contributed by atoms with Crippen LogP contribution in [0.1, 0.15) is 23.0 Å². The maximum absolute atomic E-state index is 13.1. The second-order valence-corrected chi connectivity index (χ2v) is 5.99. The minimum atomic E-state index is -0.320. The molecule has 1 saturated heterocycles. The van der Waals surface area contributed by atoms with Gasteiger partial charge in [-0.25, -0.2) is 4.79 Å². The third kappa shape index (κ3) is 3.14. The van der Waals surface area contributed by atoms with E-state index in [1.165, 1.54) is 0 Å². The monoisotopic (exact) mass is 345 g/mol. The number of amides is 2. The second kappa shape index (κ2) is 7.04. The van der Waals surface area contributed by atoms with E-state index >= 15 is 0 Å². The van der Waals surface area contributed by atoms with Gasteiger partial charge >= 0.3 is 6.09 Å². The van der Waals surface area contributed by atoms with Crippen LogP contribution in [0.4, 0.5) is 4.79 Å². The molecule has 1 aliphatic heterocycles. The summed E-state index contributed by atoms with van der Waals surface area (Å²) in [6.45, 7) is 5.95. The van der Waals surface area contributed by atoms with E-state index < -0.39 is 0 Å². The Labute approximate surface area is 146 Å². The van der Waals surface area contributed by atoms with E-state index in [-0.39, 0.29) is 12.0 Å². The van der Waals surface area contributed by atoms with E-state index in [1.807, 2.05) is 25.1 Å². The standard InChI is InChI=1S/C18H23N3O4/c1-4-25-18(23)21-10-8-20(9-11-21)17(22)15-12(2)19-13-6-5-7-14(24-3)16(13)15/h5-7,19H,4,8-11H2,1-3H3. The number of carbonyl (C=O) groups is 2. The van der Waals surface area contributed by atoms with Gasteiger partial charge in [0.15, 0.2) is 0 Å². The summed E-state index contributed by atoms with van der Waals surface area (Å²) in [5.41, 5.74) is 2.33. The molecule has 0 bridgehead atoms. The molecule has 1 fully saturated rings. The molecule has 7 nitrogen and oxygen atoms in total. The first kappa shape index (κ1) is 17.1. The van der Waals surface area contributed by atoms with Crippen LogP contribution >= 0.6 is 0 Å². The molecule has 0 unspecified atom stereocenters. The third-order valence-corrected chi connectivity index (χ3v) is 4.50. The van der Waals surface area contributed by atoms with E-state index in [4.69, 9.17) is 9.47 Å². The van der Waals surface area contributed by atoms with E-state index in [2.05, 4.69) is 4.98 Å². The molecule has 1 aromatic heterocycles. The van der Waals surface area contributed by atoms with Crippen LogP contribution in [0.5, 0.6) is 5.75 Å². The quantitative estimate of drug-likeness (QED) is 0.927. The summed E-state index contributed by atoms with van der Waals surface area (Å²) in [5, 5.41) is 0.806. The van der Waals surface area contributed by atoms with Crippen LogP contribution in [0.2, 0.25) is 0 Å². The number of rotatable bonds is 3. The fourth-order valence-corrected chi connectivity index (χ4v) is 3.25. The molecule has 0 aliphatic carbocycles. The first-order valence-corrected chi connectivity index (χ1v) is 8.43. The van der Waals surface area contributed by atoms with Gasteiger partial charge in [-0.3, -0.25) is 4.79 Å². The summed E-state index contributed by atoms with van der Waals surface area (Å²) in [4.78, 5) is 31.5. The minimum Gasteiger partial charge on any atom is -0.496 e. The highest BCUT2D eigenvalue weighted by Crippen LogP contribution is 2.32. The summed E-state index contributed by atoms with van der Waals surface area (Å²) in [6.07, 6.45) is -0.320. The molecule has 2 heterocycles. The fraction of sp³-hybridized carbons (Fsp3) is 0.444. The smallest absolute Gasteiger partial charge is 0.409 e. The van der Waals surface area contributed by atoms with Crippen LogP contribution in [-0.4, -0.2) is 66.7 Å². The first-order valence-electron chi connectivity index (χ1n) is 8.43. The number of nitrogens with one attached hydrogen (secondary N) is 1. The Morgan fingerprint density at radius 1 is 1.16 bits per heavy atom. The van der Waals surface area contributed by atoms with Gasteiger partial charge in [0.1, 0.15) is 5.75 Å². The average molecular weight is 345 g/mol. The number of piperazine rings is 1. The van der Waals surface area contributed by atoms with Gasteiger partial charge in [-0.05, 0) is 26.0 Å². The number of ether oxygens (including phenoxy) is 2. The summed E-state index contributed by atoms with van der Waals surface area (Å²) in [6, 6.07) is 5.68. The minimum absolute atomic E-state index is 0.0447. The number of hydrogen-bond donors (Lipinski definition) is 1. The zero-order valence-corrected chi connectivity index (χ0v) is 14.8. The molecule has 1 aliphatic rings. The van der Waals surface area contributed by atoms with Crippen molar-refractivity contribution in [2.75, 3.05) is 39.9 Å². The predicted molar refractivity (Wildman–Crippen MR) is 94.1 cm³/mol. The van der Waals surface area contributed by atoms with Gasteiger partial charge in [0.2, 0.25) is 0 Å². The van der Waals surface area contributed by atoms with Crippen LogP contribution < -0.4 is 4.74 Å². The van der Waals surface area contributed by atoms with Gasteiger partial charge in [-0.1, -0.05) is 6.07 Å². The van der Waals surface area contributed by atoms with E-state index in [0.29, 0.717) is 44.1 Å². The Kier molecular flexibility index (Phi) is 4.83. The van der Waals surface area contributed by atoms with Crippen LogP contribution in [-0.2, 0) is 4.74 Å². The zero-order chi connectivity index (χ0) is 18.0. The molecular formula is C18H23N3O4. The molecule has 1 aromatic carbocycles. The molecule has 0 atom stereocenters. The van der Waals surface area contributed by atoms with Crippen LogP contribution in [0, 0.1) is 6.92 Å². The highest BCUT2D eigenvalue weighted by molar-refractivity contribution is 6.10. The van der Waals surface area contributed by atoms with Gasteiger partial charge in [-0.15, -0.1) is 0 Å². The lowest BCUT2D eigenvalue weighted by Crippen LogP contribution is -2.50. The molecule has 25 heavy (non-hydrogen) atoms. The largest absolute Gasteiger partial charge is 0.496 e. The van der Waals surface area contributed by atoms with Crippen molar-refractivity contribution >= 4 is 22.9 Å². The van der Waals surface area contributed by atoms with Crippen LogP contribution in [0.15, 0.2) is 18.2 Å². The number of H-pyrrole nitrogens is 1. The maximum Gasteiger partial charge on any atom is 0.409 e. The molecule has 0 radical (unpaired) electrons. The van der Waals surface area contributed by atoms with Crippen molar-refractivity contribution in [3.05, 3.63) is 29.5 Å². The number of aryl methyl sites for hydroxylation is 1. The lowest BCUT2D eigenvalue weighted by Gasteiger charge is -2.34. The van der Waals surface area contributed by atoms with Gasteiger partial charge in [0, 0.05) is 31.9 Å². The SMILES string of the molecule is CCOC(=O)N1CCN(C(=O)c2c(C)[nH]c3cccc(OC)c23)CC1. The number of methoxy groups -OCH3 is 1. The van der Waals surface area contributed by atoms with Crippen molar-refractivity contribution in [1.29, 1.82) is 0 Å². The number of nitrogens with zero attached hydrogens (tertiary/aromatic N) is 2. The van der Waals surface area contributed by atoms with Crippen molar-refractivity contribution in [2.24, 2.45) is 0 Å². The zero-order valence-electron chi connectivity index (χ0n) is 14.8. The molecule has 2 aromatic rings. The van der Waals surface area contributed by atoms with Crippen LogP contribution in [0.25, 0.3) is 10.9 Å². The molecule has 3 rings (SSSR count). The Morgan fingerprint density at radius 2 is 1.84 bits per heavy atom. The number of carbonyl (C=O) groups excluding carboxylic acids is 2. The summed E-state index contributed by atoms with van der Waals surface area (Å²) >= 11 is 0. The van der Waals surface area contributed by atoms with Gasteiger partial charge in [0.25, 0.3) is 5.91 Å². The lowest BCUT2D eigenvalue weighted by molar-refractivity contribution is 0.0571. The average Bonchev–Trinajstić information content (AvgIpc) is 2.97. The highest BCUT2D eigenvalue weighted by Gasteiger charge is 2.28.